The van der Waals surface area contributed by atoms with Crippen LogP contribution in [-0.4, -0.2) is 11.9 Å². The van der Waals surface area contributed by atoms with Crippen molar-refractivity contribution in [3.05, 3.63) is 34.9 Å². The summed E-state index contributed by atoms with van der Waals surface area (Å²) in [7, 11) is 0. The third kappa shape index (κ3) is 5.20. The van der Waals surface area contributed by atoms with E-state index >= 15 is 0 Å². The molecule has 0 aliphatic carbocycles. The first-order valence-electron chi connectivity index (χ1n) is 5.94. The Hall–Kier alpha value is -1.53. The first kappa shape index (κ1) is 14.5. The van der Waals surface area contributed by atoms with Gasteiger partial charge in [0.05, 0.1) is 12.5 Å². The minimum Gasteiger partial charge on any atom is -0.340 e. The number of benzene rings is 1. The quantitative estimate of drug-likeness (QED) is 0.889. The summed E-state index contributed by atoms with van der Waals surface area (Å²) in [6.07, 6.45) is 0.941. The van der Waals surface area contributed by atoms with E-state index in [0.29, 0.717) is 17.4 Å². The fourth-order valence-electron chi connectivity index (χ4n) is 1.65. The monoisotopic (exact) mass is 264 g/mol. The van der Waals surface area contributed by atoms with Crippen LogP contribution in [0, 0.1) is 17.2 Å². The number of hydrogen-bond donors (Lipinski definition) is 1. The largest absolute Gasteiger partial charge is 0.340 e. The minimum atomic E-state index is -0.412. The number of halogens is 1. The molecule has 3 nitrogen and oxygen atoms in total. The Morgan fingerprint density at radius 3 is 2.50 bits per heavy atom. The van der Waals surface area contributed by atoms with E-state index in [1.54, 1.807) is 12.1 Å². The third-order valence-corrected chi connectivity index (χ3v) is 2.73. The molecule has 1 amide bonds. The highest BCUT2D eigenvalue weighted by molar-refractivity contribution is 6.30. The van der Waals surface area contributed by atoms with Crippen LogP contribution < -0.4 is 5.32 Å². The maximum atomic E-state index is 11.8. The third-order valence-electron chi connectivity index (χ3n) is 2.48. The normalized spacial score (nSPS) is 11.9. The van der Waals surface area contributed by atoms with E-state index in [2.05, 4.69) is 11.4 Å². The molecule has 1 aromatic carbocycles. The molecule has 1 N–H and O–H groups in total. The second-order valence-corrected chi connectivity index (χ2v) is 5.12. The number of rotatable bonds is 5. The lowest BCUT2D eigenvalue weighted by molar-refractivity contribution is -0.120. The second kappa shape index (κ2) is 7.03. The fraction of sp³-hybridized carbons (Fsp3) is 0.429. The van der Waals surface area contributed by atoms with Crippen LogP contribution >= 0.6 is 11.6 Å². The van der Waals surface area contributed by atoms with Crippen LogP contribution in [0.5, 0.6) is 0 Å². The van der Waals surface area contributed by atoms with Crippen molar-refractivity contribution in [3.8, 4) is 6.07 Å². The summed E-state index contributed by atoms with van der Waals surface area (Å²) in [6, 6.07) is 8.82. The van der Waals surface area contributed by atoms with Crippen LogP contribution in [-0.2, 0) is 11.2 Å². The number of carbonyl (C=O) groups excluding carboxylic acids is 1. The molecule has 0 bridgehead atoms. The van der Waals surface area contributed by atoms with Crippen molar-refractivity contribution in [1.29, 1.82) is 5.26 Å². The highest BCUT2D eigenvalue weighted by atomic mass is 35.5. The topological polar surface area (TPSA) is 52.9 Å². The van der Waals surface area contributed by atoms with Gasteiger partial charge in [-0.3, -0.25) is 4.79 Å². The van der Waals surface area contributed by atoms with E-state index in [1.165, 1.54) is 0 Å². The highest BCUT2D eigenvalue weighted by Gasteiger charge is 2.13. The van der Waals surface area contributed by atoms with Crippen LogP contribution in [0.1, 0.15) is 25.8 Å². The van der Waals surface area contributed by atoms with Gasteiger partial charge in [0, 0.05) is 5.02 Å². The van der Waals surface area contributed by atoms with Gasteiger partial charge in [0.15, 0.2) is 0 Å². The number of nitrogens with zero attached hydrogens (tertiary/aromatic N) is 1. The van der Waals surface area contributed by atoms with E-state index in [-0.39, 0.29) is 12.3 Å². The molecule has 18 heavy (non-hydrogen) atoms. The van der Waals surface area contributed by atoms with Gasteiger partial charge in [0.2, 0.25) is 5.91 Å². The van der Waals surface area contributed by atoms with E-state index in [1.807, 2.05) is 26.0 Å². The van der Waals surface area contributed by atoms with Crippen molar-refractivity contribution < 1.29 is 4.79 Å². The molecule has 0 aliphatic heterocycles. The maximum Gasteiger partial charge on any atom is 0.225 e. The van der Waals surface area contributed by atoms with E-state index in [0.717, 1.165) is 5.56 Å². The molecule has 0 saturated carbocycles. The Kier molecular flexibility index (Phi) is 5.67. The van der Waals surface area contributed by atoms with Crippen LogP contribution in [0.25, 0.3) is 0 Å². The molecule has 96 valence electrons. The molecule has 0 fully saturated rings. The maximum absolute atomic E-state index is 11.8. The summed E-state index contributed by atoms with van der Waals surface area (Å²) in [5, 5.41) is 12.3. The zero-order valence-corrected chi connectivity index (χ0v) is 11.4. The van der Waals surface area contributed by atoms with Gasteiger partial charge in [-0.15, -0.1) is 0 Å². The molecular formula is C14H17ClN2O. The summed E-state index contributed by atoms with van der Waals surface area (Å²) >= 11 is 5.77. The average Bonchev–Trinajstić information content (AvgIpc) is 2.30. The number of carbonyl (C=O) groups is 1. The van der Waals surface area contributed by atoms with Crippen LogP contribution in [0.3, 0.4) is 0 Å². The summed E-state index contributed by atoms with van der Waals surface area (Å²) < 4.78 is 0. The number of nitriles is 1. The Bertz CT molecular complexity index is 434. The molecule has 4 heteroatoms. The van der Waals surface area contributed by atoms with Gasteiger partial charge >= 0.3 is 0 Å². The minimum absolute atomic E-state index is 0.135. The predicted molar refractivity (Wildman–Crippen MR) is 72.2 cm³/mol. The van der Waals surface area contributed by atoms with Gasteiger partial charge in [0.25, 0.3) is 0 Å². The number of hydrogen-bond acceptors (Lipinski definition) is 2. The number of amides is 1. The lowest BCUT2D eigenvalue weighted by Crippen LogP contribution is -2.35. The standard InChI is InChI=1S/C14H17ClN2O/c1-10(2)7-13(9-16)17-14(18)8-11-3-5-12(15)6-4-11/h3-6,10,13H,7-8H2,1-2H3,(H,17,18). The Labute approximate surface area is 113 Å². The molecule has 1 aromatic rings. The van der Waals surface area contributed by atoms with Gasteiger partial charge in [-0.1, -0.05) is 37.6 Å². The average molecular weight is 265 g/mol. The van der Waals surface area contributed by atoms with Crippen LogP contribution in [0.2, 0.25) is 5.02 Å². The molecule has 1 rings (SSSR count). The molecule has 0 aliphatic rings. The van der Waals surface area contributed by atoms with Crippen molar-refractivity contribution >= 4 is 17.5 Å². The van der Waals surface area contributed by atoms with E-state index in [9.17, 15) is 4.79 Å². The molecule has 0 heterocycles. The molecular weight excluding hydrogens is 248 g/mol. The Balaban J connectivity index is 2.50. The molecule has 0 spiro atoms. The summed E-state index contributed by atoms with van der Waals surface area (Å²) in [5.41, 5.74) is 0.887. The van der Waals surface area contributed by atoms with Gasteiger partial charge in [-0.05, 0) is 30.0 Å². The SMILES string of the molecule is CC(C)CC(C#N)NC(=O)Cc1ccc(Cl)cc1. The van der Waals surface area contributed by atoms with Crippen molar-refractivity contribution in [2.45, 2.75) is 32.7 Å². The zero-order valence-electron chi connectivity index (χ0n) is 10.6. The summed E-state index contributed by atoms with van der Waals surface area (Å²) in [6.45, 7) is 4.05. The fourth-order valence-corrected chi connectivity index (χ4v) is 1.77. The predicted octanol–water partition coefficient (Wildman–Crippen LogP) is 2.94. The second-order valence-electron chi connectivity index (χ2n) is 4.68. The van der Waals surface area contributed by atoms with Crippen molar-refractivity contribution in [2.75, 3.05) is 0 Å². The number of nitrogens with one attached hydrogen (secondary N) is 1. The van der Waals surface area contributed by atoms with Crippen LogP contribution in [0.4, 0.5) is 0 Å². The van der Waals surface area contributed by atoms with Gasteiger partial charge < -0.3 is 5.32 Å². The van der Waals surface area contributed by atoms with E-state index in [4.69, 9.17) is 16.9 Å². The molecule has 1 atom stereocenters. The Morgan fingerprint density at radius 2 is 2.00 bits per heavy atom. The molecule has 0 aromatic heterocycles. The van der Waals surface area contributed by atoms with Crippen molar-refractivity contribution in [3.63, 3.8) is 0 Å². The molecule has 1 unspecified atom stereocenters. The van der Waals surface area contributed by atoms with Gasteiger partial charge in [0.1, 0.15) is 6.04 Å². The van der Waals surface area contributed by atoms with Crippen molar-refractivity contribution in [2.24, 2.45) is 5.92 Å². The lowest BCUT2D eigenvalue weighted by Gasteiger charge is -2.13. The Morgan fingerprint density at radius 1 is 1.39 bits per heavy atom. The van der Waals surface area contributed by atoms with Crippen molar-refractivity contribution in [1.82, 2.24) is 5.32 Å². The summed E-state index contributed by atoms with van der Waals surface area (Å²) in [5.74, 6) is 0.245. The highest BCUT2D eigenvalue weighted by Crippen LogP contribution is 2.10. The van der Waals surface area contributed by atoms with Gasteiger partial charge in [-0.2, -0.15) is 5.26 Å². The lowest BCUT2D eigenvalue weighted by atomic mass is 10.0. The first-order valence-corrected chi connectivity index (χ1v) is 6.32. The van der Waals surface area contributed by atoms with Gasteiger partial charge in [-0.25, -0.2) is 0 Å². The summed E-state index contributed by atoms with van der Waals surface area (Å²) in [4.78, 5) is 11.8. The first-order chi connectivity index (χ1) is 8.51. The van der Waals surface area contributed by atoms with Crippen LogP contribution in [0.15, 0.2) is 24.3 Å². The molecule has 0 saturated heterocycles. The van der Waals surface area contributed by atoms with E-state index < -0.39 is 6.04 Å². The zero-order chi connectivity index (χ0) is 13.5. The smallest absolute Gasteiger partial charge is 0.225 e. The molecule has 0 radical (unpaired) electrons.